The molecule has 2 N–H and O–H groups in total. The molecule has 1 saturated heterocycles. The third kappa shape index (κ3) is 3.33. The first-order valence-corrected chi connectivity index (χ1v) is 6.85. The van der Waals surface area contributed by atoms with Crippen LogP contribution in [-0.2, 0) is 0 Å². The van der Waals surface area contributed by atoms with Crippen molar-refractivity contribution in [2.45, 2.75) is 32.2 Å². The zero-order valence-corrected chi connectivity index (χ0v) is 11.5. The van der Waals surface area contributed by atoms with Crippen molar-refractivity contribution in [2.24, 2.45) is 0 Å². The van der Waals surface area contributed by atoms with E-state index in [-0.39, 0.29) is 23.2 Å². The molecule has 1 amide bonds. The SMILES string of the molecule is Cc1cccc([N+](=O)[O-])c1C(=O)NC1CCCNCC1. The summed E-state index contributed by atoms with van der Waals surface area (Å²) >= 11 is 0. The molecule has 1 aliphatic rings. The highest BCUT2D eigenvalue weighted by molar-refractivity contribution is 5.99. The van der Waals surface area contributed by atoms with E-state index in [0.717, 1.165) is 32.4 Å². The minimum Gasteiger partial charge on any atom is -0.349 e. The average molecular weight is 277 g/mol. The third-order valence-electron chi connectivity index (χ3n) is 3.59. The van der Waals surface area contributed by atoms with E-state index in [0.29, 0.717) is 5.56 Å². The molecule has 1 aromatic rings. The van der Waals surface area contributed by atoms with E-state index < -0.39 is 4.92 Å². The van der Waals surface area contributed by atoms with Gasteiger partial charge >= 0.3 is 0 Å². The van der Waals surface area contributed by atoms with Crippen molar-refractivity contribution in [3.05, 3.63) is 39.4 Å². The Balaban J connectivity index is 2.18. The van der Waals surface area contributed by atoms with Crippen LogP contribution in [0.5, 0.6) is 0 Å². The van der Waals surface area contributed by atoms with Gasteiger partial charge < -0.3 is 10.6 Å². The van der Waals surface area contributed by atoms with Crippen LogP contribution in [0.25, 0.3) is 0 Å². The van der Waals surface area contributed by atoms with Crippen LogP contribution in [0.15, 0.2) is 18.2 Å². The van der Waals surface area contributed by atoms with Gasteiger partial charge in [0, 0.05) is 12.1 Å². The van der Waals surface area contributed by atoms with E-state index in [9.17, 15) is 14.9 Å². The number of carbonyl (C=O) groups is 1. The van der Waals surface area contributed by atoms with Crippen LogP contribution in [0.2, 0.25) is 0 Å². The van der Waals surface area contributed by atoms with E-state index in [1.807, 2.05) is 0 Å². The summed E-state index contributed by atoms with van der Waals surface area (Å²) in [6.07, 6.45) is 2.75. The van der Waals surface area contributed by atoms with Gasteiger partial charge in [0.25, 0.3) is 11.6 Å². The largest absolute Gasteiger partial charge is 0.349 e. The zero-order valence-electron chi connectivity index (χ0n) is 11.5. The first-order valence-electron chi connectivity index (χ1n) is 6.85. The number of benzene rings is 1. The van der Waals surface area contributed by atoms with Gasteiger partial charge in [0.15, 0.2) is 0 Å². The molecule has 20 heavy (non-hydrogen) atoms. The fourth-order valence-corrected chi connectivity index (χ4v) is 2.52. The van der Waals surface area contributed by atoms with E-state index >= 15 is 0 Å². The molecule has 1 unspecified atom stereocenters. The summed E-state index contributed by atoms with van der Waals surface area (Å²) in [4.78, 5) is 22.9. The van der Waals surface area contributed by atoms with Crippen molar-refractivity contribution >= 4 is 11.6 Å². The van der Waals surface area contributed by atoms with Gasteiger partial charge in [-0.3, -0.25) is 14.9 Å². The molecule has 1 fully saturated rings. The molecular weight excluding hydrogens is 258 g/mol. The quantitative estimate of drug-likeness (QED) is 0.651. The predicted molar refractivity (Wildman–Crippen MR) is 75.8 cm³/mol. The normalized spacial score (nSPS) is 19.1. The molecule has 6 nitrogen and oxygen atoms in total. The Labute approximate surface area is 117 Å². The monoisotopic (exact) mass is 277 g/mol. The number of nitrogens with one attached hydrogen (secondary N) is 2. The molecule has 6 heteroatoms. The predicted octanol–water partition coefficient (Wildman–Crippen LogP) is 1.78. The lowest BCUT2D eigenvalue weighted by Gasteiger charge is -2.16. The number of hydrogen-bond acceptors (Lipinski definition) is 4. The Morgan fingerprint density at radius 1 is 1.40 bits per heavy atom. The number of nitro groups is 1. The second-order valence-corrected chi connectivity index (χ2v) is 5.08. The fraction of sp³-hybridized carbons (Fsp3) is 0.500. The van der Waals surface area contributed by atoms with Gasteiger partial charge in [-0.15, -0.1) is 0 Å². The van der Waals surface area contributed by atoms with Gasteiger partial charge in [0.2, 0.25) is 0 Å². The number of carbonyl (C=O) groups excluding carboxylic acids is 1. The molecule has 1 aromatic carbocycles. The van der Waals surface area contributed by atoms with Crippen LogP contribution >= 0.6 is 0 Å². The summed E-state index contributed by atoms with van der Waals surface area (Å²) in [5.74, 6) is -0.346. The number of nitrogens with zero attached hydrogens (tertiary/aromatic N) is 1. The van der Waals surface area contributed by atoms with E-state index in [1.54, 1.807) is 19.1 Å². The molecule has 108 valence electrons. The lowest BCUT2D eigenvalue weighted by molar-refractivity contribution is -0.385. The maximum atomic E-state index is 12.3. The van der Waals surface area contributed by atoms with Gasteiger partial charge in [-0.2, -0.15) is 0 Å². The first kappa shape index (κ1) is 14.5. The van der Waals surface area contributed by atoms with Crippen LogP contribution in [-0.4, -0.2) is 30.0 Å². The standard InChI is InChI=1S/C14H19N3O3/c1-10-4-2-6-12(17(19)20)13(10)14(18)16-11-5-3-8-15-9-7-11/h2,4,6,11,15H,3,5,7-9H2,1H3,(H,16,18). The number of rotatable bonds is 3. The van der Waals surface area contributed by atoms with Crippen molar-refractivity contribution in [1.29, 1.82) is 0 Å². The van der Waals surface area contributed by atoms with E-state index in [1.165, 1.54) is 6.07 Å². The van der Waals surface area contributed by atoms with Gasteiger partial charge in [0.1, 0.15) is 5.56 Å². The lowest BCUT2D eigenvalue weighted by Crippen LogP contribution is -2.36. The van der Waals surface area contributed by atoms with Crippen LogP contribution in [0.1, 0.15) is 35.2 Å². The molecule has 1 aliphatic heterocycles. The van der Waals surface area contributed by atoms with Gasteiger partial charge in [-0.1, -0.05) is 12.1 Å². The topological polar surface area (TPSA) is 84.3 Å². The zero-order chi connectivity index (χ0) is 14.5. The van der Waals surface area contributed by atoms with Crippen LogP contribution in [0.3, 0.4) is 0 Å². The van der Waals surface area contributed by atoms with Crippen molar-refractivity contribution in [3.63, 3.8) is 0 Å². The van der Waals surface area contributed by atoms with Gasteiger partial charge in [0.05, 0.1) is 4.92 Å². The second-order valence-electron chi connectivity index (χ2n) is 5.08. The van der Waals surface area contributed by atoms with Crippen molar-refractivity contribution in [2.75, 3.05) is 13.1 Å². The maximum Gasteiger partial charge on any atom is 0.282 e. The molecule has 1 atom stereocenters. The summed E-state index contributed by atoms with van der Waals surface area (Å²) in [6, 6.07) is 4.77. The second kappa shape index (κ2) is 6.47. The molecule has 1 heterocycles. The van der Waals surface area contributed by atoms with Crippen molar-refractivity contribution in [3.8, 4) is 0 Å². The summed E-state index contributed by atoms with van der Waals surface area (Å²) in [5.41, 5.74) is 0.674. The minimum atomic E-state index is -0.503. The Morgan fingerprint density at radius 3 is 2.95 bits per heavy atom. The smallest absolute Gasteiger partial charge is 0.282 e. The molecular formula is C14H19N3O3. The molecule has 0 aromatic heterocycles. The third-order valence-corrected chi connectivity index (χ3v) is 3.59. The Morgan fingerprint density at radius 2 is 2.20 bits per heavy atom. The number of hydrogen-bond donors (Lipinski definition) is 2. The van der Waals surface area contributed by atoms with E-state index in [2.05, 4.69) is 10.6 Å². The molecule has 0 radical (unpaired) electrons. The summed E-state index contributed by atoms with van der Waals surface area (Å²) < 4.78 is 0. The first-order chi connectivity index (χ1) is 9.59. The Hall–Kier alpha value is -1.95. The number of aryl methyl sites for hydroxylation is 1. The summed E-state index contributed by atoms with van der Waals surface area (Å²) in [6.45, 7) is 3.54. The fourth-order valence-electron chi connectivity index (χ4n) is 2.52. The van der Waals surface area contributed by atoms with Gasteiger partial charge in [-0.25, -0.2) is 0 Å². The Kier molecular flexibility index (Phi) is 4.68. The summed E-state index contributed by atoms with van der Waals surface area (Å²) in [7, 11) is 0. The van der Waals surface area contributed by atoms with Gasteiger partial charge in [-0.05, 0) is 44.8 Å². The van der Waals surface area contributed by atoms with Crippen LogP contribution < -0.4 is 10.6 Å². The minimum absolute atomic E-state index is 0.0803. The van der Waals surface area contributed by atoms with Crippen LogP contribution in [0.4, 0.5) is 5.69 Å². The molecule has 2 rings (SSSR count). The molecule has 0 spiro atoms. The summed E-state index contributed by atoms with van der Waals surface area (Å²) in [5, 5.41) is 17.2. The average Bonchev–Trinajstić information content (AvgIpc) is 2.66. The molecule has 0 aliphatic carbocycles. The van der Waals surface area contributed by atoms with Crippen molar-refractivity contribution < 1.29 is 9.72 Å². The van der Waals surface area contributed by atoms with E-state index in [4.69, 9.17) is 0 Å². The van der Waals surface area contributed by atoms with Crippen LogP contribution in [0, 0.1) is 17.0 Å². The molecule has 0 bridgehead atoms. The lowest BCUT2D eigenvalue weighted by atomic mass is 10.0. The highest BCUT2D eigenvalue weighted by atomic mass is 16.6. The number of amides is 1. The highest BCUT2D eigenvalue weighted by Gasteiger charge is 2.24. The maximum absolute atomic E-state index is 12.3. The highest BCUT2D eigenvalue weighted by Crippen LogP contribution is 2.22. The number of nitro benzene ring substituents is 1. The van der Waals surface area contributed by atoms with Crippen molar-refractivity contribution in [1.82, 2.24) is 10.6 Å². The molecule has 0 saturated carbocycles. The Bertz CT molecular complexity index is 508.